The highest BCUT2D eigenvalue weighted by Gasteiger charge is 2.07. The summed E-state index contributed by atoms with van der Waals surface area (Å²) in [6.45, 7) is 2.64. The second-order valence-corrected chi connectivity index (χ2v) is 6.08. The number of halogens is 2. The number of anilines is 1. The molecule has 2 aromatic rings. The second-order valence-electron chi connectivity index (χ2n) is 4.78. The maximum Gasteiger partial charge on any atom is 0.262 e. The Bertz CT molecular complexity index is 661. The van der Waals surface area contributed by atoms with Gasteiger partial charge in [-0.25, -0.2) is 0 Å². The van der Waals surface area contributed by atoms with Crippen LogP contribution in [0.1, 0.15) is 13.3 Å². The molecule has 1 N–H and O–H groups in total. The summed E-state index contributed by atoms with van der Waals surface area (Å²) in [6, 6.07) is 12.4. The summed E-state index contributed by atoms with van der Waals surface area (Å²) in [7, 11) is 0. The summed E-state index contributed by atoms with van der Waals surface area (Å²) in [5.74, 6) is 1.10. The maximum atomic E-state index is 11.9. The molecule has 2 rings (SSSR count). The number of benzene rings is 2. The van der Waals surface area contributed by atoms with Gasteiger partial charge in [-0.05, 0) is 64.8 Å². The quantitative estimate of drug-likeness (QED) is 0.721. The van der Waals surface area contributed by atoms with Gasteiger partial charge in [-0.3, -0.25) is 4.79 Å². The van der Waals surface area contributed by atoms with Crippen molar-refractivity contribution in [2.45, 2.75) is 13.3 Å². The third-order valence-corrected chi connectivity index (χ3v) is 3.72. The molecule has 0 saturated carbocycles. The van der Waals surface area contributed by atoms with Crippen LogP contribution >= 0.6 is 27.5 Å². The van der Waals surface area contributed by atoms with E-state index in [1.807, 2.05) is 19.1 Å². The van der Waals surface area contributed by atoms with Gasteiger partial charge in [0.15, 0.2) is 6.61 Å². The number of amides is 1. The highest BCUT2D eigenvalue weighted by Crippen LogP contribution is 2.27. The minimum absolute atomic E-state index is 0.0890. The summed E-state index contributed by atoms with van der Waals surface area (Å²) in [5.41, 5.74) is 0.692. The predicted octanol–water partition coefficient (Wildman–Crippen LogP) is 4.91. The van der Waals surface area contributed by atoms with Crippen LogP contribution in [0.25, 0.3) is 0 Å². The normalized spacial score (nSPS) is 10.2. The fraction of sp³-hybridized carbons (Fsp3) is 0.235. The van der Waals surface area contributed by atoms with Gasteiger partial charge in [0, 0.05) is 10.7 Å². The van der Waals surface area contributed by atoms with Crippen molar-refractivity contribution in [3.8, 4) is 11.5 Å². The number of ether oxygens (including phenoxy) is 2. The Morgan fingerprint density at radius 2 is 1.91 bits per heavy atom. The first kappa shape index (κ1) is 17.6. The summed E-state index contributed by atoms with van der Waals surface area (Å²) in [6.07, 6.45) is 0.954. The Morgan fingerprint density at radius 3 is 2.57 bits per heavy atom. The fourth-order valence-electron chi connectivity index (χ4n) is 1.79. The molecule has 4 nitrogen and oxygen atoms in total. The number of rotatable bonds is 7. The Hall–Kier alpha value is -1.72. The molecule has 0 atom stereocenters. The molecule has 0 bridgehead atoms. The van der Waals surface area contributed by atoms with Crippen LogP contribution in [0, 0.1) is 0 Å². The Kier molecular flexibility index (Phi) is 6.74. The minimum Gasteiger partial charge on any atom is -0.494 e. The van der Waals surface area contributed by atoms with Crippen LogP contribution in [0.5, 0.6) is 11.5 Å². The first-order chi connectivity index (χ1) is 11.1. The number of carbonyl (C=O) groups is 1. The van der Waals surface area contributed by atoms with E-state index in [2.05, 4.69) is 21.2 Å². The highest BCUT2D eigenvalue weighted by atomic mass is 79.9. The Labute approximate surface area is 148 Å². The van der Waals surface area contributed by atoms with Gasteiger partial charge < -0.3 is 14.8 Å². The Balaban J connectivity index is 1.84. The van der Waals surface area contributed by atoms with Crippen molar-refractivity contribution in [2.75, 3.05) is 18.5 Å². The van der Waals surface area contributed by atoms with Crippen LogP contribution in [0.4, 0.5) is 5.69 Å². The minimum atomic E-state index is -0.242. The summed E-state index contributed by atoms with van der Waals surface area (Å²) in [4.78, 5) is 11.9. The van der Waals surface area contributed by atoms with Crippen LogP contribution in [0.3, 0.4) is 0 Å². The zero-order valence-corrected chi connectivity index (χ0v) is 15.0. The third-order valence-electron chi connectivity index (χ3n) is 2.86. The van der Waals surface area contributed by atoms with Crippen molar-refractivity contribution in [3.63, 3.8) is 0 Å². The second kappa shape index (κ2) is 8.79. The van der Waals surface area contributed by atoms with Gasteiger partial charge in [-0.15, -0.1) is 0 Å². The molecule has 0 aromatic heterocycles. The van der Waals surface area contributed by atoms with Crippen LogP contribution in [0.2, 0.25) is 5.02 Å². The zero-order chi connectivity index (χ0) is 16.7. The molecule has 0 heterocycles. The smallest absolute Gasteiger partial charge is 0.262 e. The first-order valence-electron chi connectivity index (χ1n) is 7.19. The number of hydrogen-bond acceptors (Lipinski definition) is 3. The molecule has 0 unspecified atom stereocenters. The maximum absolute atomic E-state index is 11.9. The van der Waals surface area contributed by atoms with Gasteiger partial charge in [0.25, 0.3) is 5.91 Å². The molecular formula is C17H17BrClNO3. The Morgan fingerprint density at radius 1 is 1.17 bits per heavy atom. The van der Waals surface area contributed by atoms with Crippen LogP contribution in [-0.4, -0.2) is 19.1 Å². The molecule has 0 aliphatic rings. The topological polar surface area (TPSA) is 47.6 Å². The molecule has 122 valence electrons. The van der Waals surface area contributed by atoms with Gasteiger partial charge in [0.2, 0.25) is 0 Å². The lowest BCUT2D eigenvalue weighted by molar-refractivity contribution is -0.118. The van der Waals surface area contributed by atoms with Crippen LogP contribution in [0.15, 0.2) is 46.9 Å². The van der Waals surface area contributed by atoms with Crippen molar-refractivity contribution < 1.29 is 14.3 Å². The summed E-state index contributed by atoms with van der Waals surface area (Å²) < 4.78 is 11.7. The monoisotopic (exact) mass is 397 g/mol. The molecule has 6 heteroatoms. The van der Waals surface area contributed by atoms with E-state index in [0.717, 1.165) is 12.2 Å². The lowest BCUT2D eigenvalue weighted by Crippen LogP contribution is -2.20. The average Bonchev–Trinajstić information content (AvgIpc) is 2.53. The largest absolute Gasteiger partial charge is 0.494 e. The van der Waals surface area contributed by atoms with Gasteiger partial charge in [0.1, 0.15) is 11.5 Å². The molecule has 0 aliphatic heterocycles. The van der Waals surface area contributed by atoms with E-state index in [0.29, 0.717) is 27.5 Å². The average molecular weight is 399 g/mol. The number of nitrogens with one attached hydrogen (secondary N) is 1. The SMILES string of the molecule is CCCOc1ccc(NC(=O)COc2ccc(Cl)cc2Br)cc1. The lowest BCUT2D eigenvalue weighted by Gasteiger charge is -2.10. The van der Waals surface area contributed by atoms with E-state index in [1.54, 1.807) is 30.3 Å². The van der Waals surface area contributed by atoms with E-state index in [-0.39, 0.29) is 12.5 Å². The molecular weight excluding hydrogens is 382 g/mol. The van der Waals surface area contributed by atoms with E-state index in [4.69, 9.17) is 21.1 Å². The van der Waals surface area contributed by atoms with Gasteiger partial charge in [0.05, 0.1) is 11.1 Å². The zero-order valence-electron chi connectivity index (χ0n) is 12.6. The number of hydrogen-bond donors (Lipinski definition) is 1. The predicted molar refractivity (Wildman–Crippen MR) is 95.5 cm³/mol. The third kappa shape index (κ3) is 5.77. The van der Waals surface area contributed by atoms with E-state index < -0.39 is 0 Å². The van der Waals surface area contributed by atoms with Crippen molar-refractivity contribution in [3.05, 3.63) is 52.0 Å². The van der Waals surface area contributed by atoms with Gasteiger partial charge in [-0.1, -0.05) is 18.5 Å². The van der Waals surface area contributed by atoms with E-state index in [1.165, 1.54) is 0 Å². The molecule has 0 spiro atoms. The molecule has 0 aliphatic carbocycles. The molecule has 23 heavy (non-hydrogen) atoms. The lowest BCUT2D eigenvalue weighted by atomic mass is 10.3. The van der Waals surface area contributed by atoms with Crippen LogP contribution < -0.4 is 14.8 Å². The molecule has 0 saturated heterocycles. The summed E-state index contributed by atoms with van der Waals surface area (Å²) >= 11 is 9.19. The van der Waals surface area contributed by atoms with Crippen molar-refractivity contribution in [2.24, 2.45) is 0 Å². The fourth-order valence-corrected chi connectivity index (χ4v) is 2.58. The molecule has 2 aromatic carbocycles. The van der Waals surface area contributed by atoms with Crippen molar-refractivity contribution in [1.29, 1.82) is 0 Å². The van der Waals surface area contributed by atoms with E-state index >= 15 is 0 Å². The first-order valence-corrected chi connectivity index (χ1v) is 8.36. The molecule has 1 amide bonds. The molecule has 0 radical (unpaired) electrons. The van der Waals surface area contributed by atoms with Crippen molar-refractivity contribution in [1.82, 2.24) is 0 Å². The standard InChI is InChI=1S/C17H17BrClNO3/c1-2-9-22-14-6-4-13(5-7-14)20-17(21)11-23-16-8-3-12(19)10-15(16)18/h3-8,10H,2,9,11H2,1H3,(H,20,21). The van der Waals surface area contributed by atoms with Crippen molar-refractivity contribution >= 4 is 39.1 Å². The van der Waals surface area contributed by atoms with Crippen LogP contribution in [-0.2, 0) is 4.79 Å². The van der Waals surface area contributed by atoms with Gasteiger partial charge >= 0.3 is 0 Å². The molecule has 0 fully saturated rings. The van der Waals surface area contributed by atoms with Gasteiger partial charge in [-0.2, -0.15) is 0 Å². The summed E-state index contributed by atoms with van der Waals surface area (Å²) in [5, 5.41) is 3.36. The van der Waals surface area contributed by atoms with E-state index in [9.17, 15) is 4.79 Å². The highest BCUT2D eigenvalue weighted by molar-refractivity contribution is 9.10. The number of carbonyl (C=O) groups excluding carboxylic acids is 1.